The molecule has 1 aromatic carbocycles. The number of carbonyl (C=O) groups is 1. The molecule has 3 aliphatic rings. The van der Waals surface area contributed by atoms with Crippen molar-refractivity contribution >= 4 is 15.9 Å². The van der Waals surface area contributed by atoms with Gasteiger partial charge in [0.25, 0.3) is 5.89 Å². The van der Waals surface area contributed by atoms with Crippen LogP contribution in [0.2, 0.25) is 0 Å². The Labute approximate surface area is 197 Å². The molecule has 2 aromatic rings. The van der Waals surface area contributed by atoms with Crippen molar-refractivity contribution in [3.8, 4) is 11.4 Å². The number of amides is 1. The normalized spacial score (nSPS) is 26.4. The molecular weight excluding hydrogens is 465 g/mol. The molecule has 0 N–H and O–H groups in total. The van der Waals surface area contributed by atoms with Crippen molar-refractivity contribution in [1.82, 2.24) is 15.0 Å². The molecule has 0 radical (unpaired) electrons. The highest BCUT2D eigenvalue weighted by Gasteiger charge is 2.49. The highest BCUT2D eigenvalue weighted by Crippen LogP contribution is 2.43. The van der Waals surface area contributed by atoms with Gasteiger partial charge in [-0.3, -0.25) is 0 Å². The number of sulfone groups is 1. The number of carbonyl (C=O) groups excluding carboxylic acids is 1. The lowest BCUT2D eigenvalue weighted by atomic mass is 10.00. The Balaban J connectivity index is 1.22. The van der Waals surface area contributed by atoms with Crippen LogP contribution in [0, 0.1) is 5.82 Å². The lowest BCUT2D eigenvalue weighted by molar-refractivity contribution is -0.0652. The van der Waals surface area contributed by atoms with Crippen molar-refractivity contribution in [2.75, 3.05) is 6.26 Å². The van der Waals surface area contributed by atoms with Crippen molar-refractivity contribution in [3.63, 3.8) is 0 Å². The Morgan fingerprint density at radius 1 is 1.26 bits per heavy atom. The Bertz CT molecular complexity index is 1200. The molecule has 1 aliphatic carbocycles. The molecule has 1 saturated carbocycles. The van der Waals surface area contributed by atoms with E-state index in [0.717, 1.165) is 38.0 Å². The van der Waals surface area contributed by atoms with Crippen molar-refractivity contribution < 1.29 is 31.6 Å². The molecule has 0 spiro atoms. The van der Waals surface area contributed by atoms with E-state index in [9.17, 15) is 17.6 Å². The second-order valence-electron chi connectivity index (χ2n) is 9.86. The number of benzene rings is 1. The van der Waals surface area contributed by atoms with Crippen LogP contribution in [-0.2, 0) is 19.3 Å². The first-order chi connectivity index (χ1) is 16.0. The Kier molecular flexibility index (Phi) is 5.67. The van der Waals surface area contributed by atoms with Crippen LogP contribution in [0.5, 0.6) is 0 Å². The zero-order valence-electron chi connectivity index (χ0n) is 19.4. The van der Waals surface area contributed by atoms with Crippen LogP contribution in [0.1, 0.15) is 64.4 Å². The zero-order valence-corrected chi connectivity index (χ0v) is 20.2. The molecule has 184 valence electrons. The third-order valence-corrected chi connectivity index (χ3v) is 8.09. The number of hydrogen-bond donors (Lipinski definition) is 0. The lowest BCUT2D eigenvalue weighted by Gasteiger charge is -2.39. The summed E-state index contributed by atoms with van der Waals surface area (Å²) in [5, 5.41) is 3.90. The molecule has 1 aromatic heterocycles. The van der Waals surface area contributed by atoms with Crippen LogP contribution in [0.3, 0.4) is 0 Å². The Morgan fingerprint density at radius 3 is 2.53 bits per heavy atom. The summed E-state index contributed by atoms with van der Waals surface area (Å²) in [7, 11) is -3.67. The average Bonchev–Trinajstić information content (AvgIpc) is 3.17. The van der Waals surface area contributed by atoms with Gasteiger partial charge in [0.1, 0.15) is 22.4 Å². The SMILES string of the molecule is C[C@@H](OC1CC2CCC(C1)N2C(=O)OC1(C)CC1)c1nc(-c2ccc(S(C)(=O)=O)c(F)c2)no1. The topological polar surface area (TPSA) is 112 Å². The number of fused-ring (bicyclic) bond motifs is 2. The maximum atomic E-state index is 14.2. The van der Waals surface area contributed by atoms with Gasteiger partial charge in [-0.1, -0.05) is 5.16 Å². The van der Waals surface area contributed by atoms with Gasteiger partial charge in [-0.25, -0.2) is 17.6 Å². The lowest BCUT2D eigenvalue weighted by Crippen LogP contribution is -2.49. The summed E-state index contributed by atoms with van der Waals surface area (Å²) in [6, 6.07) is 3.90. The monoisotopic (exact) mass is 493 g/mol. The standard InChI is InChI=1S/C23H28FN3O6S/c1-13(21-25-20(26-33-21)14-4-7-19(18(24)10-14)34(3,29)30)31-17-11-15-5-6-16(12-17)27(15)22(28)32-23(2)8-9-23/h4,7,10,13,15-17H,5-6,8-9,11-12H2,1-3H3/t13-,15?,16?,17?/m1/s1. The number of aromatic nitrogens is 2. The van der Waals surface area contributed by atoms with E-state index in [2.05, 4.69) is 10.1 Å². The molecular formula is C23H28FN3O6S. The number of hydrogen-bond acceptors (Lipinski definition) is 8. The fourth-order valence-electron chi connectivity index (χ4n) is 4.88. The van der Waals surface area contributed by atoms with Crippen LogP contribution >= 0.6 is 0 Å². The molecule has 3 atom stereocenters. The molecule has 11 heteroatoms. The molecule has 3 heterocycles. The van der Waals surface area contributed by atoms with Crippen LogP contribution in [0.15, 0.2) is 27.6 Å². The first kappa shape index (κ1) is 23.2. The molecule has 3 fully saturated rings. The summed E-state index contributed by atoms with van der Waals surface area (Å²) < 4.78 is 54.7. The maximum Gasteiger partial charge on any atom is 0.410 e. The van der Waals surface area contributed by atoms with Crippen LogP contribution in [-0.4, -0.2) is 59.6 Å². The third kappa shape index (κ3) is 4.55. The van der Waals surface area contributed by atoms with E-state index in [-0.39, 0.29) is 46.5 Å². The van der Waals surface area contributed by atoms with Crippen molar-refractivity contribution in [2.24, 2.45) is 0 Å². The molecule has 5 rings (SSSR count). The minimum atomic E-state index is -3.67. The first-order valence-electron chi connectivity index (χ1n) is 11.5. The minimum Gasteiger partial charge on any atom is -0.443 e. The molecule has 2 aliphatic heterocycles. The van der Waals surface area contributed by atoms with E-state index in [4.69, 9.17) is 14.0 Å². The number of ether oxygens (including phenoxy) is 2. The zero-order chi connectivity index (χ0) is 24.3. The molecule has 1 amide bonds. The second kappa shape index (κ2) is 8.30. The second-order valence-corrected chi connectivity index (χ2v) is 11.8. The van der Waals surface area contributed by atoms with E-state index in [1.165, 1.54) is 12.1 Å². The Hall–Kier alpha value is -2.53. The molecule has 2 saturated heterocycles. The van der Waals surface area contributed by atoms with Gasteiger partial charge in [0.15, 0.2) is 9.84 Å². The van der Waals surface area contributed by atoms with Crippen LogP contribution < -0.4 is 0 Å². The van der Waals surface area contributed by atoms with Gasteiger partial charge in [-0.2, -0.15) is 4.98 Å². The molecule has 9 nitrogen and oxygen atoms in total. The number of nitrogens with zero attached hydrogens (tertiary/aromatic N) is 3. The summed E-state index contributed by atoms with van der Waals surface area (Å²) in [5.74, 6) is -0.471. The number of piperidine rings is 1. The summed E-state index contributed by atoms with van der Waals surface area (Å²) in [4.78, 5) is 18.5. The Morgan fingerprint density at radius 2 is 1.94 bits per heavy atom. The van der Waals surface area contributed by atoms with E-state index in [1.807, 2.05) is 11.8 Å². The van der Waals surface area contributed by atoms with Crippen molar-refractivity contribution in [1.29, 1.82) is 0 Å². The summed E-state index contributed by atoms with van der Waals surface area (Å²) >= 11 is 0. The van der Waals surface area contributed by atoms with E-state index >= 15 is 0 Å². The summed E-state index contributed by atoms with van der Waals surface area (Å²) in [6.07, 6.45) is 5.33. The van der Waals surface area contributed by atoms with Gasteiger partial charge >= 0.3 is 6.09 Å². The van der Waals surface area contributed by atoms with Gasteiger partial charge < -0.3 is 18.9 Å². The highest BCUT2D eigenvalue weighted by molar-refractivity contribution is 7.90. The fourth-order valence-corrected chi connectivity index (χ4v) is 5.61. The van der Waals surface area contributed by atoms with Crippen molar-refractivity contribution in [3.05, 3.63) is 29.9 Å². The van der Waals surface area contributed by atoms with Gasteiger partial charge in [0.2, 0.25) is 5.82 Å². The molecule has 34 heavy (non-hydrogen) atoms. The predicted molar refractivity (Wildman–Crippen MR) is 118 cm³/mol. The first-order valence-corrected chi connectivity index (χ1v) is 13.4. The summed E-state index contributed by atoms with van der Waals surface area (Å²) in [6.45, 7) is 3.78. The van der Waals surface area contributed by atoms with Crippen LogP contribution in [0.25, 0.3) is 11.4 Å². The minimum absolute atomic E-state index is 0.0603. The highest BCUT2D eigenvalue weighted by atomic mass is 32.2. The van der Waals surface area contributed by atoms with E-state index in [1.54, 1.807) is 6.92 Å². The quantitative estimate of drug-likeness (QED) is 0.593. The van der Waals surface area contributed by atoms with Crippen LogP contribution in [0.4, 0.5) is 9.18 Å². The average molecular weight is 494 g/mol. The van der Waals surface area contributed by atoms with Gasteiger partial charge in [-0.15, -0.1) is 0 Å². The van der Waals surface area contributed by atoms with E-state index in [0.29, 0.717) is 18.4 Å². The number of halogens is 1. The van der Waals surface area contributed by atoms with Crippen molar-refractivity contribution in [2.45, 2.75) is 87.2 Å². The van der Waals surface area contributed by atoms with Gasteiger partial charge in [-0.05, 0) is 70.6 Å². The smallest absolute Gasteiger partial charge is 0.410 e. The third-order valence-electron chi connectivity index (χ3n) is 6.96. The molecule has 2 unspecified atom stereocenters. The van der Waals surface area contributed by atoms with Gasteiger partial charge in [0.05, 0.1) is 6.10 Å². The summed E-state index contributed by atoms with van der Waals surface area (Å²) in [5.41, 5.74) is 0.0172. The predicted octanol–water partition coefficient (Wildman–Crippen LogP) is 4.04. The number of rotatable bonds is 6. The largest absolute Gasteiger partial charge is 0.443 e. The fraction of sp³-hybridized carbons (Fsp3) is 0.609. The molecule has 2 bridgehead atoms. The van der Waals surface area contributed by atoms with Gasteiger partial charge in [0, 0.05) is 23.9 Å². The van der Waals surface area contributed by atoms with E-state index < -0.39 is 21.8 Å². The maximum absolute atomic E-state index is 14.2.